The number of ether oxygens (including phenoxy) is 1. The second kappa shape index (κ2) is 6.01. The van der Waals surface area contributed by atoms with E-state index in [0.29, 0.717) is 5.82 Å². The van der Waals surface area contributed by atoms with Gasteiger partial charge in [-0.25, -0.2) is 4.79 Å². The van der Waals surface area contributed by atoms with E-state index in [9.17, 15) is 4.79 Å². The van der Waals surface area contributed by atoms with E-state index in [1.807, 2.05) is 12.1 Å². The Kier molecular flexibility index (Phi) is 3.91. The predicted octanol–water partition coefficient (Wildman–Crippen LogP) is 2.33. The molecule has 1 aromatic carbocycles. The number of fused-ring (bicyclic) bond motifs is 1. The van der Waals surface area contributed by atoms with Crippen molar-refractivity contribution in [2.75, 3.05) is 18.2 Å². The van der Waals surface area contributed by atoms with Crippen molar-refractivity contribution in [3.63, 3.8) is 0 Å². The number of rotatable bonds is 3. The molecule has 1 heterocycles. The van der Waals surface area contributed by atoms with Gasteiger partial charge in [0.1, 0.15) is 5.82 Å². The third-order valence-corrected chi connectivity index (χ3v) is 3.86. The third-order valence-electron chi connectivity index (χ3n) is 3.86. The van der Waals surface area contributed by atoms with Crippen molar-refractivity contribution < 1.29 is 9.53 Å². The predicted molar refractivity (Wildman–Crippen MR) is 83.5 cm³/mol. The first kappa shape index (κ1) is 14.3. The summed E-state index contributed by atoms with van der Waals surface area (Å²) in [6, 6.07) is 9.55. The van der Waals surface area contributed by atoms with Gasteiger partial charge in [0, 0.05) is 5.69 Å². The molecule has 1 aromatic heterocycles. The van der Waals surface area contributed by atoms with Crippen LogP contribution in [0.3, 0.4) is 0 Å². The van der Waals surface area contributed by atoms with Crippen LogP contribution in [0.1, 0.15) is 40.5 Å². The summed E-state index contributed by atoms with van der Waals surface area (Å²) in [4.78, 5) is 11.4. The van der Waals surface area contributed by atoms with Crippen LogP contribution in [0, 0.1) is 0 Å². The van der Waals surface area contributed by atoms with Crippen LogP contribution in [0.5, 0.6) is 0 Å². The van der Waals surface area contributed by atoms with Crippen LogP contribution < -0.4 is 11.1 Å². The summed E-state index contributed by atoms with van der Waals surface area (Å²) in [5.41, 5.74) is 9.37. The van der Waals surface area contributed by atoms with Gasteiger partial charge in [0.05, 0.1) is 13.2 Å². The zero-order valence-corrected chi connectivity index (χ0v) is 12.4. The number of anilines is 2. The minimum atomic E-state index is -0.488. The van der Waals surface area contributed by atoms with Crippen LogP contribution in [-0.2, 0) is 11.2 Å². The number of aromatic nitrogens is 2. The number of carbonyl (C=O) groups excluding carboxylic acids is 1. The molecule has 0 saturated heterocycles. The highest BCUT2D eigenvalue weighted by atomic mass is 16.5. The average molecular weight is 298 g/mol. The van der Waals surface area contributed by atoms with Gasteiger partial charge in [-0.1, -0.05) is 6.07 Å². The molecule has 22 heavy (non-hydrogen) atoms. The van der Waals surface area contributed by atoms with Gasteiger partial charge in [-0.15, -0.1) is 10.2 Å². The fraction of sp³-hybridized carbons (Fsp3) is 0.312. The molecule has 0 amide bonds. The van der Waals surface area contributed by atoms with Gasteiger partial charge in [0.15, 0.2) is 5.69 Å². The first-order valence-corrected chi connectivity index (χ1v) is 7.24. The maximum Gasteiger partial charge on any atom is 0.358 e. The molecule has 0 spiro atoms. The van der Waals surface area contributed by atoms with Crippen LogP contribution in [0.25, 0.3) is 0 Å². The molecule has 1 unspecified atom stereocenters. The lowest BCUT2D eigenvalue weighted by molar-refractivity contribution is 0.0593. The molecule has 0 radical (unpaired) electrons. The first-order valence-electron chi connectivity index (χ1n) is 7.24. The lowest BCUT2D eigenvalue weighted by atomic mass is 9.87. The van der Waals surface area contributed by atoms with Gasteiger partial charge < -0.3 is 15.8 Å². The number of nitrogens with two attached hydrogens (primary N) is 1. The largest absolute Gasteiger partial charge is 0.464 e. The molecule has 3 rings (SSSR count). The molecule has 2 aromatic rings. The highest BCUT2D eigenvalue weighted by Gasteiger charge is 2.20. The van der Waals surface area contributed by atoms with Crippen molar-refractivity contribution in [3.05, 3.63) is 47.2 Å². The minimum absolute atomic E-state index is 0.183. The van der Waals surface area contributed by atoms with Crippen molar-refractivity contribution in [2.45, 2.75) is 25.3 Å². The number of esters is 1. The highest BCUT2D eigenvalue weighted by Crippen LogP contribution is 2.33. The smallest absolute Gasteiger partial charge is 0.358 e. The van der Waals surface area contributed by atoms with Crippen molar-refractivity contribution in [1.82, 2.24) is 10.2 Å². The Labute approximate surface area is 128 Å². The molecule has 0 fully saturated rings. The zero-order valence-electron chi connectivity index (χ0n) is 12.4. The standard InChI is InChI=1S/C16H18N4O2/c1-22-16(21)14-7-8-15(20-19-14)18-13-4-2-3-10-9-11(17)5-6-12(10)13/h5-9,13H,2-4,17H2,1H3,(H,18,20). The van der Waals surface area contributed by atoms with Gasteiger partial charge in [0.2, 0.25) is 0 Å². The van der Waals surface area contributed by atoms with Gasteiger partial charge in [0.25, 0.3) is 0 Å². The monoisotopic (exact) mass is 298 g/mol. The quantitative estimate of drug-likeness (QED) is 0.667. The van der Waals surface area contributed by atoms with Crippen molar-refractivity contribution in [3.8, 4) is 0 Å². The summed E-state index contributed by atoms with van der Waals surface area (Å²) in [7, 11) is 1.32. The second-order valence-electron chi connectivity index (χ2n) is 5.34. The average Bonchev–Trinajstić information content (AvgIpc) is 2.55. The van der Waals surface area contributed by atoms with Gasteiger partial charge >= 0.3 is 5.97 Å². The molecule has 0 aliphatic heterocycles. The van der Waals surface area contributed by atoms with E-state index >= 15 is 0 Å². The highest BCUT2D eigenvalue weighted by molar-refractivity contribution is 5.86. The lowest BCUT2D eigenvalue weighted by Crippen LogP contribution is -2.18. The number of carbonyl (C=O) groups is 1. The lowest BCUT2D eigenvalue weighted by Gasteiger charge is -2.27. The number of nitrogen functional groups attached to an aromatic ring is 1. The molecule has 6 nitrogen and oxygen atoms in total. The molecular formula is C16H18N4O2. The van der Waals surface area contributed by atoms with Crippen molar-refractivity contribution >= 4 is 17.5 Å². The van der Waals surface area contributed by atoms with Crippen LogP contribution in [0.4, 0.5) is 11.5 Å². The van der Waals surface area contributed by atoms with E-state index in [-0.39, 0.29) is 11.7 Å². The molecule has 1 atom stereocenters. The Hall–Kier alpha value is -2.63. The molecule has 0 bridgehead atoms. The fourth-order valence-electron chi connectivity index (χ4n) is 2.79. The fourth-order valence-corrected chi connectivity index (χ4v) is 2.79. The van der Waals surface area contributed by atoms with Crippen molar-refractivity contribution in [2.24, 2.45) is 0 Å². The van der Waals surface area contributed by atoms with Gasteiger partial charge in [-0.3, -0.25) is 0 Å². The second-order valence-corrected chi connectivity index (χ2v) is 5.34. The summed E-state index contributed by atoms with van der Waals surface area (Å²) in [5, 5.41) is 11.3. The number of hydrogen-bond donors (Lipinski definition) is 2. The number of aryl methyl sites for hydroxylation is 1. The zero-order chi connectivity index (χ0) is 15.5. The van der Waals surface area contributed by atoms with Crippen LogP contribution in [-0.4, -0.2) is 23.3 Å². The van der Waals surface area contributed by atoms with E-state index in [4.69, 9.17) is 5.73 Å². The van der Waals surface area contributed by atoms with Gasteiger partial charge in [-0.2, -0.15) is 0 Å². The number of nitrogens with zero attached hydrogens (tertiary/aromatic N) is 2. The Bertz CT molecular complexity index is 685. The molecule has 1 aliphatic rings. The number of hydrogen-bond acceptors (Lipinski definition) is 6. The number of methoxy groups -OCH3 is 1. The van der Waals surface area contributed by atoms with Crippen LogP contribution in [0.15, 0.2) is 30.3 Å². The summed E-state index contributed by atoms with van der Waals surface area (Å²) >= 11 is 0. The molecule has 0 saturated carbocycles. The maximum atomic E-state index is 11.4. The molecule has 6 heteroatoms. The Balaban J connectivity index is 1.78. The summed E-state index contributed by atoms with van der Waals surface area (Å²) in [6.45, 7) is 0. The summed E-state index contributed by atoms with van der Waals surface area (Å²) in [6.07, 6.45) is 3.17. The van der Waals surface area contributed by atoms with E-state index in [2.05, 4.69) is 26.3 Å². The SMILES string of the molecule is COC(=O)c1ccc(NC2CCCc3cc(N)ccc32)nn1. The molecular weight excluding hydrogens is 280 g/mol. The van der Waals surface area contributed by atoms with Gasteiger partial charge in [-0.05, 0) is 54.7 Å². The Morgan fingerprint density at radius 1 is 1.32 bits per heavy atom. The number of nitrogens with one attached hydrogen (secondary N) is 1. The summed E-state index contributed by atoms with van der Waals surface area (Å²) in [5.74, 6) is 0.153. The maximum absolute atomic E-state index is 11.4. The van der Waals surface area contributed by atoms with E-state index in [1.54, 1.807) is 12.1 Å². The van der Waals surface area contributed by atoms with E-state index in [0.717, 1.165) is 24.9 Å². The van der Waals surface area contributed by atoms with E-state index < -0.39 is 5.97 Å². The van der Waals surface area contributed by atoms with Crippen LogP contribution in [0.2, 0.25) is 0 Å². The normalized spacial score (nSPS) is 16.7. The first-order chi connectivity index (χ1) is 10.7. The minimum Gasteiger partial charge on any atom is -0.464 e. The molecule has 3 N–H and O–H groups in total. The summed E-state index contributed by atoms with van der Waals surface area (Å²) < 4.78 is 4.61. The molecule has 1 aliphatic carbocycles. The molecule has 114 valence electrons. The Morgan fingerprint density at radius 2 is 2.18 bits per heavy atom. The topological polar surface area (TPSA) is 90.1 Å². The van der Waals surface area contributed by atoms with E-state index in [1.165, 1.54) is 18.2 Å². The number of benzene rings is 1. The van der Waals surface area contributed by atoms with Crippen molar-refractivity contribution in [1.29, 1.82) is 0 Å². The van der Waals surface area contributed by atoms with Crippen LogP contribution >= 0.6 is 0 Å². The Morgan fingerprint density at radius 3 is 2.91 bits per heavy atom. The third kappa shape index (κ3) is 2.86.